The molecule has 5 nitrogen and oxygen atoms in total. The van der Waals surface area contributed by atoms with E-state index in [1.54, 1.807) is 7.11 Å². The summed E-state index contributed by atoms with van der Waals surface area (Å²) in [6, 6.07) is 0. The Hall–Kier alpha value is -0.940. The third-order valence-corrected chi connectivity index (χ3v) is 3.10. The zero-order valence-electron chi connectivity index (χ0n) is 9.03. The van der Waals surface area contributed by atoms with E-state index in [4.69, 9.17) is 15.0 Å². The summed E-state index contributed by atoms with van der Waals surface area (Å²) >= 11 is 0. The fourth-order valence-corrected chi connectivity index (χ4v) is 2.16. The van der Waals surface area contributed by atoms with Gasteiger partial charge in [0, 0.05) is 7.11 Å². The zero-order valence-corrected chi connectivity index (χ0v) is 9.03. The van der Waals surface area contributed by atoms with Crippen LogP contribution in [0.25, 0.3) is 0 Å². The number of hydrogen-bond donors (Lipinski definition) is 1. The molecular formula is C10H17N3O2. The Labute approximate surface area is 89.0 Å². The number of rotatable bonds is 3. The molecule has 1 aromatic rings. The van der Waals surface area contributed by atoms with E-state index in [1.807, 2.05) is 0 Å². The fourth-order valence-electron chi connectivity index (χ4n) is 2.16. The van der Waals surface area contributed by atoms with Gasteiger partial charge in [0.05, 0.1) is 6.54 Å². The van der Waals surface area contributed by atoms with Crippen molar-refractivity contribution in [1.82, 2.24) is 10.1 Å². The predicted octanol–water partition coefficient (Wildman–Crippen LogP) is 1.33. The van der Waals surface area contributed by atoms with Crippen LogP contribution in [0.5, 0.6) is 0 Å². The van der Waals surface area contributed by atoms with Crippen molar-refractivity contribution in [3.63, 3.8) is 0 Å². The molecule has 0 aromatic carbocycles. The van der Waals surface area contributed by atoms with E-state index in [0.29, 0.717) is 11.7 Å². The van der Waals surface area contributed by atoms with Crippen molar-refractivity contribution in [3.05, 3.63) is 11.7 Å². The van der Waals surface area contributed by atoms with E-state index >= 15 is 0 Å². The Morgan fingerprint density at radius 1 is 1.40 bits per heavy atom. The van der Waals surface area contributed by atoms with Crippen LogP contribution in [0.3, 0.4) is 0 Å². The summed E-state index contributed by atoms with van der Waals surface area (Å²) in [5.74, 6) is 1.14. The van der Waals surface area contributed by atoms with Crippen LogP contribution in [0, 0.1) is 0 Å². The van der Waals surface area contributed by atoms with Gasteiger partial charge in [0.2, 0.25) is 11.7 Å². The van der Waals surface area contributed by atoms with Gasteiger partial charge in [0.15, 0.2) is 0 Å². The molecule has 0 atom stereocenters. The molecule has 1 fully saturated rings. The fraction of sp³-hybridized carbons (Fsp3) is 0.800. The van der Waals surface area contributed by atoms with Crippen LogP contribution in [-0.4, -0.2) is 17.3 Å². The normalized spacial score (nSPS) is 20.4. The topological polar surface area (TPSA) is 74.2 Å². The molecule has 2 rings (SSSR count). The summed E-state index contributed by atoms with van der Waals surface area (Å²) in [6.07, 6.45) is 5.49. The lowest BCUT2D eigenvalue weighted by Gasteiger charge is -2.32. The van der Waals surface area contributed by atoms with E-state index in [9.17, 15) is 0 Å². The van der Waals surface area contributed by atoms with Crippen molar-refractivity contribution < 1.29 is 9.26 Å². The Kier molecular flexibility index (Phi) is 3.02. The monoisotopic (exact) mass is 211 g/mol. The van der Waals surface area contributed by atoms with Crippen LogP contribution >= 0.6 is 0 Å². The SMILES string of the molecule is COC1(c2noc(CN)n2)CCCCC1. The number of methoxy groups -OCH3 is 1. The third kappa shape index (κ3) is 1.89. The van der Waals surface area contributed by atoms with Gasteiger partial charge in [-0.3, -0.25) is 0 Å². The van der Waals surface area contributed by atoms with Crippen molar-refractivity contribution in [2.45, 2.75) is 44.2 Å². The van der Waals surface area contributed by atoms with E-state index < -0.39 is 0 Å². The molecule has 0 bridgehead atoms. The lowest BCUT2D eigenvalue weighted by atomic mass is 9.84. The molecule has 0 amide bonds. The Bertz CT molecular complexity index is 318. The van der Waals surface area contributed by atoms with Crippen LogP contribution < -0.4 is 5.73 Å². The molecule has 84 valence electrons. The lowest BCUT2D eigenvalue weighted by Crippen LogP contribution is -2.32. The Morgan fingerprint density at radius 2 is 2.13 bits per heavy atom. The van der Waals surface area contributed by atoms with Gasteiger partial charge in [0.25, 0.3) is 0 Å². The summed E-state index contributed by atoms with van der Waals surface area (Å²) in [5.41, 5.74) is 5.10. The molecule has 0 spiro atoms. The van der Waals surface area contributed by atoms with E-state index in [-0.39, 0.29) is 12.1 Å². The summed E-state index contributed by atoms with van der Waals surface area (Å²) in [7, 11) is 1.71. The summed E-state index contributed by atoms with van der Waals surface area (Å²) < 4.78 is 10.6. The van der Waals surface area contributed by atoms with E-state index in [1.165, 1.54) is 6.42 Å². The Balaban J connectivity index is 2.24. The minimum atomic E-state index is -0.338. The number of aromatic nitrogens is 2. The van der Waals surface area contributed by atoms with Gasteiger partial charge < -0.3 is 15.0 Å². The first kappa shape index (κ1) is 10.6. The van der Waals surface area contributed by atoms with Crippen molar-refractivity contribution in [2.24, 2.45) is 5.73 Å². The maximum atomic E-state index is 5.60. The average molecular weight is 211 g/mol. The minimum absolute atomic E-state index is 0.285. The van der Waals surface area contributed by atoms with E-state index in [2.05, 4.69) is 10.1 Å². The summed E-state index contributed by atoms with van der Waals surface area (Å²) in [4.78, 5) is 4.27. The summed E-state index contributed by atoms with van der Waals surface area (Å²) in [6.45, 7) is 0.285. The average Bonchev–Trinajstić information content (AvgIpc) is 2.79. The van der Waals surface area contributed by atoms with Crippen molar-refractivity contribution in [1.29, 1.82) is 0 Å². The molecular weight excluding hydrogens is 194 g/mol. The molecule has 1 aliphatic rings. The van der Waals surface area contributed by atoms with Gasteiger partial charge in [-0.1, -0.05) is 24.4 Å². The minimum Gasteiger partial charge on any atom is -0.370 e. The number of nitrogens with zero attached hydrogens (tertiary/aromatic N) is 2. The third-order valence-electron chi connectivity index (χ3n) is 3.10. The number of hydrogen-bond acceptors (Lipinski definition) is 5. The first-order valence-electron chi connectivity index (χ1n) is 5.39. The van der Waals surface area contributed by atoms with Crippen molar-refractivity contribution in [3.8, 4) is 0 Å². The van der Waals surface area contributed by atoms with Gasteiger partial charge in [0.1, 0.15) is 5.60 Å². The first-order chi connectivity index (χ1) is 7.30. The van der Waals surface area contributed by atoms with Gasteiger partial charge in [-0.15, -0.1) is 0 Å². The van der Waals surface area contributed by atoms with Gasteiger partial charge in [-0.25, -0.2) is 0 Å². The molecule has 1 saturated carbocycles. The molecule has 1 aliphatic carbocycles. The zero-order chi connectivity index (χ0) is 10.7. The van der Waals surface area contributed by atoms with Crippen molar-refractivity contribution >= 4 is 0 Å². The smallest absolute Gasteiger partial charge is 0.240 e. The quantitative estimate of drug-likeness (QED) is 0.816. The highest BCUT2D eigenvalue weighted by Crippen LogP contribution is 2.38. The highest BCUT2D eigenvalue weighted by molar-refractivity contribution is 5.03. The molecule has 0 aliphatic heterocycles. The lowest BCUT2D eigenvalue weighted by molar-refractivity contribution is -0.0527. The largest absolute Gasteiger partial charge is 0.370 e. The van der Waals surface area contributed by atoms with Crippen molar-refractivity contribution in [2.75, 3.05) is 7.11 Å². The van der Waals surface area contributed by atoms with Crippen LogP contribution in [0.4, 0.5) is 0 Å². The predicted molar refractivity (Wildman–Crippen MR) is 54.0 cm³/mol. The summed E-state index contributed by atoms with van der Waals surface area (Å²) in [5, 5.41) is 3.96. The molecule has 1 aromatic heterocycles. The first-order valence-corrected chi connectivity index (χ1v) is 5.39. The second-order valence-electron chi connectivity index (χ2n) is 3.97. The second kappa shape index (κ2) is 4.28. The van der Waals surface area contributed by atoms with Crippen LogP contribution in [0.15, 0.2) is 4.52 Å². The maximum Gasteiger partial charge on any atom is 0.240 e. The number of ether oxygens (including phenoxy) is 1. The highest BCUT2D eigenvalue weighted by Gasteiger charge is 2.38. The molecule has 15 heavy (non-hydrogen) atoms. The molecule has 0 radical (unpaired) electrons. The molecule has 0 unspecified atom stereocenters. The van der Waals surface area contributed by atoms with Gasteiger partial charge in [-0.05, 0) is 12.8 Å². The number of nitrogens with two attached hydrogens (primary N) is 1. The van der Waals surface area contributed by atoms with Gasteiger partial charge >= 0.3 is 0 Å². The standard InChI is InChI=1S/C10H17N3O2/c1-14-10(5-3-2-4-6-10)9-12-8(7-11)15-13-9/h2-7,11H2,1H3. The van der Waals surface area contributed by atoms with Gasteiger partial charge in [-0.2, -0.15) is 4.98 Å². The maximum absolute atomic E-state index is 5.60. The highest BCUT2D eigenvalue weighted by atomic mass is 16.5. The second-order valence-corrected chi connectivity index (χ2v) is 3.97. The van der Waals surface area contributed by atoms with Crippen LogP contribution in [-0.2, 0) is 16.9 Å². The molecule has 0 saturated heterocycles. The molecule has 5 heteroatoms. The van der Waals surface area contributed by atoms with E-state index in [0.717, 1.165) is 25.7 Å². The van der Waals surface area contributed by atoms with Crippen LogP contribution in [0.2, 0.25) is 0 Å². The molecule has 2 N–H and O–H groups in total. The Morgan fingerprint density at radius 3 is 2.67 bits per heavy atom. The molecule has 1 heterocycles. The van der Waals surface area contributed by atoms with Crippen LogP contribution in [0.1, 0.15) is 43.8 Å².